The van der Waals surface area contributed by atoms with Crippen LogP contribution in [0.1, 0.15) is 42.2 Å². The maximum Gasteiger partial charge on any atom is 0.251 e. The Kier molecular flexibility index (Phi) is 9.06. The first kappa shape index (κ1) is 24.0. The van der Waals surface area contributed by atoms with E-state index in [0.29, 0.717) is 18.7 Å². The largest absolute Gasteiger partial charge is 0.494 e. The number of nitrogens with zero attached hydrogens (tertiary/aromatic N) is 2. The van der Waals surface area contributed by atoms with Crippen LogP contribution >= 0.6 is 0 Å². The van der Waals surface area contributed by atoms with Crippen LogP contribution in [0.4, 0.5) is 0 Å². The van der Waals surface area contributed by atoms with Crippen molar-refractivity contribution in [1.82, 2.24) is 20.4 Å². The second-order valence-corrected chi connectivity index (χ2v) is 7.97. The lowest BCUT2D eigenvalue weighted by Gasteiger charge is -2.17. The highest BCUT2D eigenvalue weighted by atomic mass is 16.5. The summed E-state index contributed by atoms with van der Waals surface area (Å²) in [4.78, 5) is 26.3. The van der Waals surface area contributed by atoms with Crippen molar-refractivity contribution in [2.24, 2.45) is 0 Å². The zero-order chi connectivity index (χ0) is 23.5. The van der Waals surface area contributed by atoms with Crippen molar-refractivity contribution in [1.29, 1.82) is 0 Å². The number of hydrogen-bond acceptors (Lipinski definition) is 4. The number of aromatic nitrogens is 2. The van der Waals surface area contributed by atoms with E-state index >= 15 is 0 Å². The van der Waals surface area contributed by atoms with Crippen molar-refractivity contribution in [3.05, 3.63) is 71.9 Å². The number of unbranched alkanes of at least 4 members (excludes halogenated alkanes) is 1. The number of likely N-dealkylation sites (N-methyl/N-ethyl adjacent to an activating group) is 1. The summed E-state index contributed by atoms with van der Waals surface area (Å²) in [6.45, 7) is 3.33. The first-order valence-electron chi connectivity index (χ1n) is 11.4. The van der Waals surface area contributed by atoms with Gasteiger partial charge in [-0.1, -0.05) is 43.7 Å². The Balaban J connectivity index is 1.37. The number of hydrogen-bond donors (Lipinski definition) is 2. The SMILES string of the molecule is CCCCOc1ccc(C(=O)NCC(=O)N(C)CCCc2cc(-c3ccccc3)n[nH]2)cc1. The minimum atomic E-state index is -0.275. The Morgan fingerprint density at radius 3 is 2.55 bits per heavy atom. The Morgan fingerprint density at radius 2 is 1.82 bits per heavy atom. The molecule has 2 amide bonds. The number of carbonyl (C=O) groups excluding carboxylic acids is 2. The van der Waals surface area contributed by atoms with E-state index in [1.165, 1.54) is 0 Å². The van der Waals surface area contributed by atoms with Crippen molar-refractivity contribution in [2.45, 2.75) is 32.6 Å². The smallest absolute Gasteiger partial charge is 0.251 e. The predicted molar refractivity (Wildman–Crippen MR) is 129 cm³/mol. The van der Waals surface area contributed by atoms with Gasteiger partial charge in [-0.05, 0) is 49.6 Å². The quantitative estimate of drug-likeness (QED) is 0.409. The van der Waals surface area contributed by atoms with E-state index in [9.17, 15) is 9.59 Å². The third kappa shape index (κ3) is 7.49. The van der Waals surface area contributed by atoms with Crippen LogP contribution in [0.5, 0.6) is 5.75 Å². The molecular formula is C26H32N4O3. The van der Waals surface area contributed by atoms with Crippen LogP contribution in [0.25, 0.3) is 11.3 Å². The van der Waals surface area contributed by atoms with Crippen molar-refractivity contribution in [3.63, 3.8) is 0 Å². The predicted octanol–water partition coefficient (Wildman–Crippen LogP) is 4.08. The lowest BCUT2D eigenvalue weighted by Crippen LogP contribution is -2.38. The van der Waals surface area contributed by atoms with Gasteiger partial charge in [0.25, 0.3) is 5.91 Å². The van der Waals surface area contributed by atoms with Crippen molar-refractivity contribution < 1.29 is 14.3 Å². The van der Waals surface area contributed by atoms with Gasteiger partial charge >= 0.3 is 0 Å². The van der Waals surface area contributed by atoms with Crippen LogP contribution in [-0.2, 0) is 11.2 Å². The third-order valence-corrected chi connectivity index (χ3v) is 5.35. The van der Waals surface area contributed by atoms with Crippen LogP contribution in [-0.4, -0.2) is 53.7 Å². The lowest BCUT2D eigenvalue weighted by molar-refractivity contribution is -0.128. The lowest BCUT2D eigenvalue weighted by atomic mass is 10.1. The molecule has 3 rings (SSSR count). The highest BCUT2D eigenvalue weighted by molar-refractivity contribution is 5.96. The number of benzene rings is 2. The van der Waals surface area contributed by atoms with Gasteiger partial charge in [0.1, 0.15) is 5.75 Å². The number of nitrogens with one attached hydrogen (secondary N) is 2. The number of H-pyrrole nitrogens is 1. The molecule has 0 bridgehead atoms. The topological polar surface area (TPSA) is 87.3 Å². The van der Waals surface area contributed by atoms with Gasteiger partial charge in [0.15, 0.2) is 0 Å². The summed E-state index contributed by atoms with van der Waals surface area (Å²) in [5, 5.41) is 10.1. The van der Waals surface area contributed by atoms with Crippen molar-refractivity contribution in [2.75, 3.05) is 26.7 Å². The van der Waals surface area contributed by atoms with Gasteiger partial charge in [-0.25, -0.2) is 0 Å². The maximum absolute atomic E-state index is 12.4. The number of carbonyl (C=O) groups is 2. The molecule has 2 aromatic carbocycles. The normalized spacial score (nSPS) is 10.6. The summed E-state index contributed by atoms with van der Waals surface area (Å²) in [6, 6.07) is 19.0. The Morgan fingerprint density at radius 1 is 1.06 bits per heavy atom. The minimum absolute atomic E-state index is 0.0354. The fourth-order valence-electron chi connectivity index (χ4n) is 3.31. The molecule has 0 saturated carbocycles. The number of amides is 2. The molecule has 0 atom stereocenters. The van der Waals surface area contributed by atoms with Gasteiger partial charge in [-0.3, -0.25) is 14.7 Å². The maximum atomic E-state index is 12.4. The van der Waals surface area contributed by atoms with Crippen LogP contribution < -0.4 is 10.1 Å². The first-order valence-corrected chi connectivity index (χ1v) is 11.4. The average Bonchev–Trinajstić information content (AvgIpc) is 3.32. The van der Waals surface area contributed by atoms with Crippen molar-refractivity contribution >= 4 is 11.8 Å². The minimum Gasteiger partial charge on any atom is -0.494 e. The van der Waals surface area contributed by atoms with Gasteiger partial charge in [-0.2, -0.15) is 5.10 Å². The summed E-state index contributed by atoms with van der Waals surface area (Å²) < 4.78 is 5.61. The van der Waals surface area contributed by atoms with E-state index in [1.807, 2.05) is 36.4 Å². The Bertz CT molecular complexity index is 1020. The standard InChI is InChI=1S/C26H32N4O3/c1-3-4-17-33-23-14-12-21(13-15-23)26(32)27-19-25(31)30(2)16-8-11-22-18-24(29-28-22)20-9-6-5-7-10-20/h5-7,9-10,12-15,18H,3-4,8,11,16-17,19H2,1-2H3,(H,27,32)(H,28,29). The molecule has 0 fully saturated rings. The highest BCUT2D eigenvalue weighted by Gasteiger charge is 2.12. The molecule has 174 valence electrons. The molecule has 0 saturated heterocycles. The zero-order valence-corrected chi connectivity index (χ0v) is 19.3. The van der Waals surface area contributed by atoms with E-state index in [-0.39, 0.29) is 18.4 Å². The molecule has 7 nitrogen and oxygen atoms in total. The molecule has 33 heavy (non-hydrogen) atoms. The number of aromatic amines is 1. The Hall–Kier alpha value is -3.61. The zero-order valence-electron chi connectivity index (χ0n) is 19.3. The molecule has 0 aliphatic rings. The van der Waals surface area contributed by atoms with Gasteiger partial charge in [0.2, 0.25) is 5.91 Å². The molecule has 0 spiro atoms. The van der Waals surface area contributed by atoms with Gasteiger partial charge in [-0.15, -0.1) is 0 Å². The molecule has 0 radical (unpaired) electrons. The molecule has 2 N–H and O–H groups in total. The van der Waals surface area contributed by atoms with E-state index in [0.717, 1.165) is 48.4 Å². The van der Waals surface area contributed by atoms with E-state index < -0.39 is 0 Å². The molecule has 0 aliphatic carbocycles. The molecule has 1 heterocycles. The average molecular weight is 449 g/mol. The van der Waals surface area contributed by atoms with Gasteiger partial charge in [0, 0.05) is 30.4 Å². The highest BCUT2D eigenvalue weighted by Crippen LogP contribution is 2.17. The van der Waals surface area contributed by atoms with Crippen LogP contribution in [0.2, 0.25) is 0 Å². The first-order chi connectivity index (χ1) is 16.1. The van der Waals surface area contributed by atoms with Crippen molar-refractivity contribution in [3.8, 4) is 17.0 Å². The summed E-state index contributed by atoms with van der Waals surface area (Å²) >= 11 is 0. The second kappa shape index (κ2) is 12.4. The fraction of sp³-hybridized carbons (Fsp3) is 0.346. The van der Waals surface area contributed by atoms with Gasteiger partial charge in [0.05, 0.1) is 18.8 Å². The summed E-state index contributed by atoms with van der Waals surface area (Å²) in [5.74, 6) is 0.337. The molecule has 3 aromatic rings. The summed E-state index contributed by atoms with van der Waals surface area (Å²) in [5.41, 5.74) is 3.52. The molecular weight excluding hydrogens is 416 g/mol. The molecule has 0 aliphatic heterocycles. The summed E-state index contributed by atoms with van der Waals surface area (Å²) in [6.07, 6.45) is 3.65. The number of aryl methyl sites for hydroxylation is 1. The van der Waals surface area contributed by atoms with E-state index in [2.05, 4.69) is 22.4 Å². The molecule has 1 aromatic heterocycles. The molecule has 7 heteroatoms. The summed E-state index contributed by atoms with van der Waals surface area (Å²) in [7, 11) is 1.75. The van der Waals surface area contributed by atoms with E-state index in [1.54, 1.807) is 36.2 Å². The number of rotatable bonds is 12. The molecule has 0 unspecified atom stereocenters. The fourth-order valence-corrected chi connectivity index (χ4v) is 3.31. The second-order valence-electron chi connectivity index (χ2n) is 7.97. The van der Waals surface area contributed by atoms with Crippen LogP contribution in [0.15, 0.2) is 60.7 Å². The third-order valence-electron chi connectivity index (χ3n) is 5.35. The number of ether oxygens (including phenoxy) is 1. The van der Waals surface area contributed by atoms with Crippen LogP contribution in [0, 0.1) is 0 Å². The Labute approximate surface area is 195 Å². The van der Waals surface area contributed by atoms with E-state index in [4.69, 9.17) is 4.74 Å². The monoisotopic (exact) mass is 448 g/mol. The van der Waals surface area contributed by atoms with Gasteiger partial charge < -0.3 is 15.0 Å². The van der Waals surface area contributed by atoms with Crippen LogP contribution in [0.3, 0.4) is 0 Å².